The highest BCUT2D eigenvalue weighted by atomic mass is 19.2. The van der Waals surface area contributed by atoms with Gasteiger partial charge in [0.15, 0.2) is 11.6 Å². The number of hydrogen-bond donors (Lipinski definition) is 1. The molecule has 0 spiro atoms. The number of halogens is 2. The smallest absolute Gasteiger partial charge is 0.257 e. The molecule has 0 saturated carbocycles. The molecule has 0 bridgehead atoms. The molecular weight excluding hydrogens is 400 g/mol. The molecule has 1 amide bonds. The summed E-state index contributed by atoms with van der Waals surface area (Å²) in [6.45, 7) is 3.13. The molecule has 0 radical (unpaired) electrons. The van der Waals surface area contributed by atoms with E-state index in [-0.39, 0.29) is 17.5 Å². The molecule has 1 aliphatic heterocycles. The van der Waals surface area contributed by atoms with Crippen molar-refractivity contribution >= 4 is 16.9 Å². The highest BCUT2D eigenvalue weighted by Gasteiger charge is 2.34. The number of nitrogens with zero attached hydrogens (tertiary/aromatic N) is 4. The highest BCUT2D eigenvalue weighted by molar-refractivity contribution is 5.95. The van der Waals surface area contributed by atoms with E-state index in [0.717, 1.165) is 34.6 Å². The minimum absolute atomic E-state index is 0.0531. The molecule has 158 valence electrons. The number of carbonyl (C=O) groups excluding carboxylic acids is 1. The lowest BCUT2D eigenvalue weighted by molar-refractivity contribution is 0.0736. The van der Waals surface area contributed by atoms with Gasteiger partial charge >= 0.3 is 0 Å². The summed E-state index contributed by atoms with van der Waals surface area (Å²) in [7, 11) is 0. The molecule has 31 heavy (non-hydrogen) atoms. The topological polar surface area (TPSA) is 66.8 Å². The lowest BCUT2D eigenvalue weighted by atomic mass is 10.1. The minimum Gasteiger partial charge on any atom is -0.335 e. The van der Waals surface area contributed by atoms with Crippen LogP contribution in [0, 0.1) is 17.6 Å². The van der Waals surface area contributed by atoms with Crippen LogP contribution >= 0.6 is 0 Å². The van der Waals surface area contributed by atoms with Crippen LogP contribution < -0.4 is 0 Å². The van der Waals surface area contributed by atoms with Gasteiger partial charge in [-0.2, -0.15) is 5.10 Å². The van der Waals surface area contributed by atoms with Crippen LogP contribution in [0.25, 0.3) is 22.2 Å². The number of benzene rings is 1. The van der Waals surface area contributed by atoms with E-state index >= 15 is 0 Å². The van der Waals surface area contributed by atoms with Crippen molar-refractivity contribution in [3.8, 4) is 11.1 Å². The average Bonchev–Trinajstić information content (AvgIpc) is 3.50. The first-order valence-corrected chi connectivity index (χ1v) is 10.2. The number of fused-ring (bicyclic) bond motifs is 1. The van der Waals surface area contributed by atoms with Crippen molar-refractivity contribution in [1.82, 2.24) is 24.6 Å². The second kappa shape index (κ2) is 7.61. The summed E-state index contributed by atoms with van der Waals surface area (Å²) < 4.78 is 29.7. The number of hydrogen-bond acceptors (Lipinski definition) is 3. The highest BCUT2D eigenvalue weighted by Crippen LogP contribution is 2.29. The number of rotatable bonds is 4. The number of nitrogens with one attached hydrogen (secondary N) is 1. The van der Waals surface area contributed by atoms with Crippen molar-refractivity contribution in [2.24, 2.45) is 5.92 Å². The third-order valence-electron chi connectivity index (χ3n) is 5.99. The van der Waals surface area contributed by atoms with Crippen LogP contribution in [0.4, 0.5) is 8.78 Å². The summed E-state index contributed by atoms with van der Waals surface area (Å²) >= 11 is 0. The van der Waals surface area contributed by atoms with Gasteiger partial charge in [0, 0.05) is 54.2 Å². The number of aromatic nitrogens is 4. The van der Waals surface area contributed by atoms with Crippen LogP contribution in [0.15, 0.2) is 55.1 Å². The van der Waals surface area contributed by atoms with E-state index in [4.69, 9.17) is 0 Å². The van der Waals surface area contributed by atoms with E-state index in [1.54, 1.807) is 11.1 Å². The molecule has 6 nitrogen and oxygen atoms in total. The summed E-state index contributed by atoms with van der Waals surface area (Å²) in [5.74, 6) is -2.36. The minimum atomic E-state index is -1.09. The zero-order valence-corrected chi connectivity index (χ0v) is 16.9. The lowest BCUT2D eigenvalue weighted by Crippen LogP contribution is -2.34. The fraction of sp³-hybridized carbons (Fsp3) is 0.261. The monoisotopic (exact) mass is 421 g/mol. The van der Waals surface area contributed by atoms with E-state index in [9.17, 15) is 13.6 Å². The van der Waals surface area contributed by atoms with E-state index < -0.39 is 17.5 Å². The van der Waals surface area contributed by atoms with Crippen LogP contribution in [-0.2, 0) is 6.54 Å². The maximum atomic E-state index is 14.1. The summed E-state index contributed by atoms with van der Waals surface area (Å²) in [5.41, 5.74) is 2.63. The Morgan fingerprint density at radius 2 is 2.10 bits per heavy atom. The molecule has 5 rings (SSSR count). The van der Waals surface area contributed by atoms with Crippen LogP contribution in [0.3, 0.4) is 0 Å². The molecule has 4 heterocycles. The molecule has 0 aliphatic carbocycles. The van der Waals surface area contributed by atoms with Crippen LogP contribution in [0.1, 0.15) is 23.7 Å². The van der Waals surface area contributed by atoms with Gasteiger partial charge in [-0.1, -0.05) is 6.07 Å². The molecule has 0 unspecified atom stereocenters. The average molecular weight is 421 g/mol. The first-order valence-electron chi connectivity index (χ1n) is 10.2. The van der Waals surface area contributed by atoms with Crippen molar-refractivity contribution in [3.05, 3.63) is 72.3 Å². The Labute approximate surface area is 177 Å². The van der Waals surface area contributed by atoms with Crippen LogP contribution in [0.5, 0.6) is 0 Å². The quantitative estimate of drug-likeness (QED) is 0.536. The maximum absolute atomic E-state index is 14.1. The first kappa shape index (κ1) is 19.4. The van der Waals surface area contributed by atoms with Gasteiger partial charge in [-0.25, -0.2) is 13.8 Å². The Bertz CT molecular complexity index is 1250. The fourth-order valence-electron chi connectivity index (χ4n) is 4.45. The molecule has 1 saturated heterocycles. The van der Waals surface area contributed by atoms with E-state index in [0.29, 0.717) is 13.1 Å². The van der Waals surface area contributed by atoms with Gasteiger partial charge in [-0.05, 0) is 43.5 Å². The Hall–Kier alpha value is -3.55. The predicted octanol–water partition coefficient (Wildman–Crippen LogP) is 4.26. The summed E-state index contributed by atoms with van der Waals surface area (Å²) in [6, 6.07) is 7.76. The number of amides is 1. The second-order valence-corrected chi connectivity index (χ2v) is 8.10. The van der Waals surface area contributed by atoms with Crippen molar-refractivity contribution in [1.29, 1.82) is 0 Å². The number of H-pyrrole nitrogens is 1. The third kappa shape index (κ3) is 3.48. The second-order valence-electron chi connectivity index (χ2n) is 8.10. The Morgan fingerprint density at radius 1 is 1.23 bits per heavy atom. The SMILES string of the molecule is C[C@@H]1C[C@@H](Cn2ccc3cc(-c4cn[nH]c4)cnc32)CN1C(=O)c1cccc(F)c1F. The summed E-state index contributed by atoms with van der Waals surface area (Å²) in [6.07, 6.45) is 8.19. The van der Waals surface area contributed by atoms with Crippen molar-refractivity contribution in [2.45, 2.75) is 25.9 Å². The summed E-state index contributed by atoms with van der Waals surface area (Å²) in [4.78, 5) is 19.1. The Balaban J connectivity index is 1.34. The van der Waals surface area contributed by atoms with Gasteiger partial charge in [0.25, 0.3) is 5.91 Å². The molecule has 2 atom stereocenters. The molecule has 1 N–H and O–H groups in total. The van der Waals surface area contributed by atoms with Crippen molar-refractivity contribution in [3.63, 3.8) is 0 Å². The fourth-order valence-corrected chi connectivity index (χ4v) is 4.45. The lowest BCUT2D eigenvalue weighted by Gasteiger charge is -2.22. The number of pyridine rings is 1. The van der Waals surface area contributed by atoms with E-state index in [1.807, 2.05) is 31.6 Å². The van der Waals surface area contributed by atoms with Gasteiger partial charge in [0.05, 0.1) is 11.8 Å². The molecule has 1 fully saturated rings. The van der Waals surface area contributed by atoms with Crippen LogP contribution in [0.2, 0.25) is 0 Å². The zero-order chi connectivity index (χ0) is 21.5. The normalized spacial score (nSPS) is 18.7. The Kier molecular flexibility index (Phi) is 4.77. The van der Waals surface area contributed by atoms with E-state index in [1.165, 1.54) is 12.1 Å². The van der Waals surface area contributed by atoms with Crippen molar-refractivity contribution in [2.75, 3.05) is 6.54 Å². The van der Waals surface area contributed by atoms with Gasteiger partial charge in [0.1, 0.15) is 5.65 Å². The van der Waals surface area contributed by atoms with Crippen LogP contribution in [-0.4, -0.2) is 43.1 Å². The van der Waals surface area contributed by atoms with Gasteiger partial charge in [-0.3, -0.25) is 9.89 Å². The molecule has 8 heteroatoms. The Morgan fingerprint density at radius 3 is 2.90 bits per heavy atom. The molecule has 3 aromatic heterocycles. The van der Waals surface area contributed by atoms with Crippen molar-refractivity contribution < 1.29 is 13.6 Å². The van der Waals surface area contributed by atoms with Gasteiger partial charge in [-0.15, -0.1) is 0 Å². The maximum Gasteiger partial charge on any atom is 0.257 e. The molecule has 4 aromatic rings. The zero-order valence-electron chi connectivity index (χ0n) is 16.9. The van der Waals surface area contributed by atoms with E-state index in [2.05, 4.69) is 25.8 Å². The molecule has 1 aromatic carbocycles. The largest absolute Gasteiger partial charge is 0.335 e. The molecule has 1 aliphatic rings. The number of likely N-dealkylation sites (tertiary alicyclic amines) is 1. The van der Waals surface area contributed by atoms with Gasteiger partial charge < -0.3 is 9.47 Å². The first-order chi connectivity index (χ1) is 15.0. The van der Waals surface area contributed by atoms with Gasteiger partial charge in [0.2, 0.25) is 0 Å². The standard InChI is InChI=1S/C23H21F2N5O/c1-14-7-15(13-30(14)23(31)19-3-2-4-20(24)21(19)25)12-29-6-5-16-8-17(9-26-22(16)29)18-10-27-28-11-18/h2-6,8-11,14-15H,7,12-13H2,1H3,(H,27,28)/t14-,15+/m1/s1. The number of aromatic amines is 1. The summed E-state index contributed by atoms with van der Waals surface area (Å²) in [5, 5.41) is 7.81. The number of carbonyl (C=O) groups is 1. The molecular formula is C23H21F2N5O. The third-order valence-corrected chi connectivity index (χ3v) is 5.99. The predicted molar refractivity (Wildman–Crippen MR) is 112 cm³/mol.